The Labute approximate surface area is 148 Å². The van der Waals surface area contributed by atoms with Crippen molar-refractivity contribution in [3.05, 3.63) is 65.2 Å². The van der Waals surface area contributed by atoms with Crippen molar-refractivity contribution < 1.29 is 19.1 Å². The Balaban J connectivity index is 2.04. The lowest BCUT2D eigenvalue weighted by Crippen LogP contribution is -2.12. The van der Waals surface area contributed by atoms with E-state index in [2.05, 4.69) is 6.92 Å². The Morgan fingerprint density at radius 1 is 0.880 bits per heavy atom. The Kier molecular flexibility index (Phi) is 7.20. The van der Waals surface area contributed by atoms with Crippen molar-refractivity contribution in [1.82, 2.24) is 0 Å². The van der Waals surface area contributed by atoms with Crippen molar-refractivity contribution in [1.29, 1.82) is 0 Å². The molecule has 4 nitrogen and oxygen atoms in total. The van der Waals surface area contributed by atoms with E-state index in [1.165, 1.54) is 6.07 Å². The summed E-state index contributed by atoms with van der Waals surface area (Å²) in [4.78, 5) is 24.4. The molecule has 2 aromatic rings. The number of hydrogen-bond acceptors (Lipinski definition) is 4. The highest BCUT2D eigenvalue weighted by Crippen LogP contribution is 2.20. The van der Waals surface area contributed by atoms with Crippen LogP contribution in [-0.4, -0.2) is 18.5 Å². The van der Waals surface area contributed by atoms with Crippen molar-refractivity contribution in [2.45, 2.75) is 39.5 Å². The molecule has 0 N–H and O–H groups in total. The predicted molar refractivity (Wildman–Crippen MR) is 97.0 cm³/mol. The highest BCUT2D eigenvalue weighted by Gasteiger charge is 2.14. The number of unbranched alkanes of at least 4 members (excludes halogenated alkanes) is 2. The molecule has 0 aliphatic rings. The van der Waals surface area contributed by atoms with Gasteiger partial charge in [-0.15, -0.1) is 0 Å². The van der Waals surface area contributed by atoms with Crippen molar-refractivity contribution >= 4 is 11.9 Å². The van der Waals surface area contributed by atoms with Crippen LogP contribution in [0.4, 0.5) is 0 Å². The number of carbonyl (C=O) groups is 2. The summed E-state index contributed by atoms with van der Waals surface area (Å²) >= 11 is 0. The average molecular weight is 340 g/mol. The Bertz CT molecular complexity index is 721. The van der Waals surface area contributed by atoms with Gasteiger partial charge in [-0.1, -0.05) is 51.0 Å². The van der Waals surface area contributed by atoms with Gasteiger partial charge in [-0.05, 0) is 42.7 Å². The first kappa shape index (κ1) is 18.7. The van der Waals surface area contributed by atoms with E-state index in [1.54, 1.807) is 24.3 Å². The van der Waals surface area contributed by atoms with Crippen molar-refractivity contribution in [2.24, 2.45) is 0 Å². The maximum Gasteiger partial charge on any atom is 0.343 e. The van der Waals surface area contributed by atoms with Gasteiger partial charge in [0, 0.05) is 0 Å². The molecule has 4 heteroatoms. The number of aryl methyl sites for hydroxylation is 1. The third-order valence-electron chi connectivity index (χ3n) is 3.87. The monoisotopic (exact) mass is 340 g/mol. The number of ether oxygens (including phenoxy) is 2. The molecule has 0 aromatic heterocycles. The standard InChI is InChI=1S/C21H24O4/c1-3-5-8-14-24-20(22)17-11-9-12-18(15-17)21(23)25-19-13-7-6-10-16(19)4-2/h6-7,9-13,15H,3-5,8,14H2,1-2H3. The first-order valence-electron chi connectivity index (χ1n) is 8.73. The van der Waals surface area contributed by atoms with Crippen LogP contribution in [-0.2, 0) is 11.2 Å². The summed E-state index contributed by atoms with van der Waals surface area (Å²) in [5.41, 5.74) is 1.64. The topological polar surface area (TPSA) is 52.6 Å². The molecule has 2 rings (SSSR count). The summed E-state index contributed by atoms with van der Waals surface area (Å²) in [5.74, 6) is -0.358. The van der Waals surface area contributed by atoms with Gasteiger partial charge < -0.3 is 9.47 Å². The number of carbonyl (C=O) groups excluding carboxylic acids is 2. The van der Waals surface area contributed by atoms with Gasteiger partial charge in [0.25, 0.3) is 0 Å². The quantitative estimate of drug-likeness (QED) is 0.393. The van der Waals surface area contributed by atoms with E-state index in [9.17, 15) is 9.59 Å². The van der Waals surface area contributed by atoms with Crippen LogP contribution in [0.5, 0.6) is 5.75 Å². The van der Waals surface area contributed by atoms with Crippen molar-refractivity contribution in [3.63, 3.8) is 0 Å². The molecule has 0 saturated carbocycles. The van der Waals surface area contributed by atoms with Gasteiger partial charge in [0.1, 0.15) is 5.75 Å². The van der Waals surface area contributed by atoms with Gasteiger partial charge in [-0.25, -0.2) is 9.59 Å². The fourth-order valence-corrected chi connectivity index (χ4v) is 2.43. The van der Waals surface area contributed by atoms with Crippen LogP contribution >= 0.6 is 0 Å². The normalized spacial score (nSPS) is 10.3. The van der Waals surface area contributed by atoms with E-state index in [1.807, 2.05) is 25.1 Å². The highest BCUT2D eigenvalue weighted by atomic mass is 16.5. The number of rotatable bonds is 8. The molecule has 25 heavy (non-hydrogen) atoms. The number of para-hydroxylation sites is 1. The van der Waals surface area contributed by atoms with Crippen LogP contribution in [0.15, 0.2) is 48.5 Å². The van der Waals surface area contributed by atoms with Crippen LogP contribution in [0.3, 0.4) is 0 Å². The minimum atomic E-state index is -0.485. The minimum absolute atomic E-state index is 0.328. The first-order chi connectivity index (χ1) is 12.2. The van der Waals surface area contributed by atoms with E-state index < -0.39 is 11.9 Å². The molecular weight excluding hydrogens is 316 g/mol. The van der Waals surface area contributed by atoms with E-state index in [0.29, 0.717) is 23.5 Å². The van der Waals surface area contributed by atoms with Gasteiger partial charge in [0.05, 0.1) is 17.7 Å². The van der Waals surface area contributed by atoms with Gasteiger partial charge in [0.2, 0.25) is 0 Å². The molecule has 0 saturated heterocycles. The van der Waals surface area contributed by atoms with Crippen LogP contribution < -0.4 is 4.74 Å². The molecule has 0 amide bonds. The molecule has 0 atom stereocenters. The maximum absolute atomic E-state index is 12.4. The zero-order chi connectivity index (χ0) is 18.1. The summed E-state index contributed by atoms with van der Waals surface area (Å²) in [7, 11) is 0. The van der Waals surface area contributed by atoms with E-state index in [4.69, 9.17) is 9.47 Å². The lowest BCUT2D eigenvalue weighted by Gasteiger charge is -2.09. The number of hydrogen-bond donors (Lipinski definition) is 0. The molecule has 0 spiro atoms. The van der Waals surface area contributed by atoms with Gasteiger partial charge in [-0.3, -0.25) is 0 Å². The minimum Gasteiger partial charge on any atom is -0.462 e. The summed E-state index contributed by atoms with van der Waals surface area (Å²) < 4.78 is 10.7. The van der Waals surface area contributed by atoms with Gasteiger partial charge in [0.15, 0.2) is 0 Å². The van der Waals surface area contributed by atoms with Crippen molar-refractivity contribution in [2.75, 3.05) is 6.61 Å². The fourth-order valence-electron chi connectivity index (χ4n) is 2.43. The van der Waals surface area contributed by atoms with Crippen LogP contribution in [0.1, 0.15) is 59.4 Å². The zero-order valence-corrected chi connectivity index (χ0v) is 14.8. The molecule has 0 heterocycles. The molecule has 0 radical (unpaired) electrons. The second kappa shape index (κ2) is 9.62. The number of esters is 2. The van der Waals surface area contributed by atoms with E-state index in [0.717, 1.165) is 31.2 Å². The molecule has 0 aliphatic heterocycles. The Hall–Kier alpha value is -2.62. The first-order valence-corrected chi connectivity index (χ1v) is 8.73. The Morgan fingerprint density at radius 2 is 1.60 bits per heavy atom. The maximum atomic E-state index is 12.4. The van der Waals surface area contributed by atoms with E-state index in [-0.39, 0.29) is 0 Å². The van der Waals surface area contributed by atoms with E-state index >= 15 is 0 Å². The molecule has 2 aromatic carbocycles. The Morgan fingerprint density at radius 3 is 2.32 bits per heavy atom. The second-order valence-corrected chi connectivity index (χ2v) is 5.77. The highest BCUT2D eigenvalue weighted by molar-refractivity contribution is 5.96. The summed E-state index contributed by atoms with van der Waals surface area (Å²) in [5, 5.41) is 0. The summed E-state index contributed by atoms with van der Waals surface area (Å²) in [6, 6.07) is 13.9. The third-order valence-corrected chi connectivity index (χ3v) is 3.87. The van der Waals surface area contributed by atoms with Crippen LogP contribution in [0.2, 0.25) is 0 Å². The van der Waals surface area contributed by atoms with Gasteiger partial charge in [-0.2, -0.15) is 0 Å². The fraction of sp³-hybridized carbons (Fsp3) is 0.333. The summed E-state index contributed by atoms with van der Waals surface area (Å²) in [6.45, 7) is 4.49. The SMILES string of the molecule is CCCCCOC(=O)c1cccc(C(=O)Oc2ccccc2CC)c1. The van der Waals surface area contributed by atoms with Gasteiger partial charge >= 0.3 is 11.9 Å². The lowest BCUT2D eigenvalue weighted by atomic mass is 10.1. The molecule has 0 aliphatic carbocycles. The largest absolute Gasteiger partial charge is 0.462 e. The molecule has 0 fully saturated rings. The van der Waals surface area contributed by atoms with Crippen LogP contribution in [0, 0.1) is 0 Å². The molecule has 0 bridgehead atoms. The second-order valence-electron chi connectivity index (χ2n) is 5.77. The number of benzene rings is 2. The molecular formula is C21H24O4. The third kappa shape index (κ3) is 5.45. The average Bonchev–Trinajstić information content (AvgIpc) is 2.65. The smallest absolute Gasteiger partial charge is 0.343 e. The molecule has 132 valence electrons. The summed E-state index contributed by atoms with van der Waals surface area (Å²) in [6.07, 6.45) is 3.71. The lowest BCUT2D eigenvalue weighted by molar-refractivity contribution is 0.0498. The molecule has 0 unspecified atom stereocenters. The zero-order valence-electron chi connectivity index (χ0n) is 14.8. The van der Waals surface area contributed by atoms with Crippen molar-refractivity contribution in [3.8, 4) is 5.75 Å². The predicted octanol–water partition coefficient (Wildman–Crippen LogP) is 4.82. The van der Waals surface area contributed by atoms with Crippen LogP contribution in [0.25, 0.3) is 0 Å².